The lowest BCUT2D eigenvalue weighted by Crippen LogP contribution is -2.24. The minimum atomic E-state index is -0.404. The van der Waals surface area contributed by atoms with E-state index in [1.807, 2.05) is 12.1 Å². The molecule has 1 amide bonds. The molecular formula is C13H13I2N7O2. The Hall–Kier alpha value is -1.77. The van der Waals surface area contributed by atoms with E-state index in [1.165, 1.54) is 6.21 Å². The van der Waals surface area contributed by atoms with Crippen LogP contribution in [0.4, 0.5) is 5.95 Å². The van der Waals surface area contributed by atoms with Crippen molar-refractivity contribution in [1.82, 2.24) is 25.6 Å². The van der Waals surface area contributed by atoms with Gasteiger partial charge in [-0.3, -0.25) is 4.79 Å². The highest BCUT2D eigenvalue weighted by atomic mass is 127. The molecule has 24 heavy (non-hydrogen) atoms. The Kier molecular flexibility index (Phi) is 6.89. The molecule has 0 spiro atoms. The number of nitrogens with one attached hydrogen (secondary N) is 1. The fourth-order valence-electron chi connectivity index (χ4n) is 1.64. The van der Waals surface area contributed by atoms with E-state index in [1.54, 1.807) is 6.08 Å². The van der Waals surface area contributed by atoms with Gasteiger partial charge in [-0.25, -0.2) is 10.1 Å². The number of halogens is 2. The van der Waals surface area contributed by atoms with Crippen LogP contribution >= 0.6 is 45.2 Å². The lowest BCUT2D eigenvalue weighted by molar-refractivity contribution is -0.121. The maximum atomic E-state index is 11.8. The number of tetrazole rings is 1. The van der Waals surface area contributed by atoms with Gasteiger partial charge >= 0.3 is 0 Å². The fourth-order valence-corrected chi connectivity index (χ4v) is 3.69. The zero-order chi connectivity index (χ0) is 17.5. The molecule has 0 saturated carbocycles. The Bertz CT molecular complexity index is 776. The van der Waals surface area contributed by atoms with Gasteiger partial charge in [-0.15, -0.1) is 0 Å². The summed E-state index contributed by atoms with van der Waals surface area (Å²) in [7, 11) is 0. The number of nitrogens with two attached hydrogens (primary N) is 1. The molecule has 0 aliphatic rings. The highest BCUT2D eigenvalue weighted by Crippen LogP contribution is 2.27. The Morgan fingerprint density at radius 3 is 2.96 bits per heavy atom. The van der Waals surface area contributed by atoms with Crippen LogP contribution in [0.5, 0.6) is 5.75 Å². The summed E-state index contributed by atoms with van der Waals surface area (Å²) in [5, 5.41) is 14.4. The minimum absolute atomic E-state index is 0.0569. The second kappa shape index (κ2) is 8.91. The summed E-state index contributed by atoms with van der Waals surface area (Å²) in [5.74, 6) is 0.333. The number of amides is 1. The third-order valence-corrected chi connectivity index (χ3v) is 4.05. The van der Waals surface area contributed by atoms with E-state index in [0.717, 1.165) is 17.4 Å². The third kappa shape index (κ3) is 5.12. The number of benzene rings is 1. The summed E-state index contributed by atoms with van der Waals surface area (Å²) in [6, 6.07) is 3.88. The average Bonchev–Trinajstić information content (AvgIpc) is 2.91. The van der Waals surface area contributed by atoms with Crippen LogP contribution in [0.25, 0.3) is 0 Å². The van der Waals surface area contributed by atoms with Crippen LogP contribution in [0.15, 0.2) is 29.9 Å². The lowest BCUT2D eigenvalue weighted by Gasteiger charge is -2.10. The van der Waals surface area contributed by atoms with Crippen LogP contribution in [0.3, 0.4) is 0 Å². The number of rotatable bonds is 7. The van der Waals surface area contributed by atoms with Crippen LogP contribution in [0.1, 0.15) is 5.56 Å². The second-order valence-corrected chi connectivity index (χ2v) is 6.80. The number of hydrogen-bond acceptors (Lipinski definition) is 7. The number of aromatic nitrogens is 4. The molecule has 0 atom stereocenters. The number of hydrazone groups is 1. The van der Waals surface area contributed by atoms with Crippen LogP contribution in [0, 0.1) is 7.14 Å². The number of nitrogen functional groups attached to an aromatic ring is 1. The van der Waals surface area contributed by atoms with Crippen molar-refractivity contribution in [2.24, 2.45) is 5.10 Å². The molecule has 1 aromatic heterocycles. The van der Waals surface area contributed by atoms with Gasteiger partial charge in [-0.05, 0) is 67.7 Å². The van der Waals surface area contributed by atoms with Gasteiger partial charge in [0.25, 0.3) is 5.91 Å². The van der Waals surface area contributed by atoms with Crippen LogP contribution in [0.2, 0.25) is 0 Å². The Morgan fingerprint density at radius 1 is 1.50 bits per heavy atom. The fraction of sp³-hybridized carbons (Fsp3) is 0.154. The van der Waals surface area contributed by atoms with E-state index in [0.29, 0.717) is 12.4 Å². The maximum absolute atomic E-state index is 11.8. The summed E-state index contributed by atoms with van der Waals surface area (Å²) in [5.41, 5.74) is 8.63. The number of ether oxygens (including phenoxy) is 1. The van der Waals surface area contributed by atoms with E-state index in [9.17, 15) is 4.79 Å². The number of carbonyl (C=O) groups is 1. The summed E-state index contributed by atoms with van der Waals surface area (Å²) in [6.45, 7) is 3.88. The van der Waals surface area contributed by atoms with Crippen molar-refractivity contribution in [1.29, 1.82) is 0 Å². The van der Waals surface area contributed by atoms with Gasteiger partial charge in [0.15, 0.2) is 0 Å². The minimum Gasteiger partial charge on any atom is -0.488 e. The van der Waals surface area contributed by atoms with Crippen LogP contribution in [-0.4, -0.2) is 38.9 Å². The number of hydrogen-bond donors (Lipinski definition) is 2. The molecule has 2 rings (SSSR count). The first-order chi connectivity index (χ1) is 11.5. The molecule has 126 valence electrons. The molecule has 11 heteroatoms. The van der Waals surface area contributed by atoms with E-state index in [4.69, 9.17) is 10.5 Å². The summed E-state index contributed by atoms with van der Waals surface area (Å²) in [4.78, 5) is 11.8. The van der Waals surface area contributed by atoms with Crippen molar-refractivity contribution in [3.8, 4) is 5.75 Å². The van der Waals surface area contributed by atoms with E-state index >= 15 is 0 Å². The molecule has 0 bridgehead atoms. The number of anilines is 1. The van der Waals surface area contributed by atoms with Gasteiger partial charge in [0, 0.05) is 9.13 Å². The number of nitrogens with zero attached hydrogens (tertiary/aromatic N) is 5. The molecule has 9 nitrogen and oxygen atoms in total. The van der Waals surface area contributed by atoms with Crippen molar-refractivity contribution in [2.75, 3.05) is 12.3 Å². The van der Waals surface area contributed by atoms with Crippen molar-refractivity contribution < 1.29 is 9.53 Å². The second-order valence-electron chi connectivity index (χ2n) is 4.39. The van der Waals surface area contributed by atoms with Gasteiger partial charge in [-0.1, -0.05) is 17.8 Å². The first-order valence-corrected chi connectivity index (χ1v) is 8.73. The molecule has 0 radical (unpaired) electrons. The zero-order valence-corrected chi connectivity index (χ0v) is 16.6. The highest BCUT2D eigenvalue weighted by molar-refractivity contribution is 14.1. The summed E-state index contributed by atoms with van der Waals surface area (Å²) >= 11 is 4.38. The van der Waals surface area contributed by atoms with Gasteiger partial charge in [0.05, 0.1) is 9.78 Å². The van der Waals surface area contributed by atoms with Gasteiger partial charge < -0.3 is 10.5 Å². The average molecular weight is 553 g/mol. The van der Waals surface area contributed by atoms with Gasteiger partial charge in [-0.2, -0.15) is 5.10 Å². The van der Waals surface area contributed by atoms with E-state index in [-0.39, 0.29) is 12.5 Å². The van der Waals surface area contributed by atoms with Crippen molar-refractivity contribution in [3.63, 3.8) is 0 Å². The van der Waals surface area contributed by atoms with E-state index < -0.39 is 5.91 Å². The number of carbonyl (C=O) groups excluding carboxylic acids is 1. The molecule has 0 aliphatic heterocycles. The SMILES string of the molecule is C=CCOc1c(I)cc(I)cc1/C=N\NC(=O)Cn1nnnc1N. The predicted molar refractivity (Wildman–Crippen MR) is 106 cm³/mol. The van der Waals surface area contributed by atoms with Crippen molar-refractivity contribution in [2.45, 2.75) is 6.54 Å². The molecule has 0 saturated heterocycles. The van der Waals surface area contributed by atoms with Gasteiger partial charge in [0.2, 0.25) is 5.95 Å². The highest BCUT2D eigenvalue weighted by Gasteiger charge is 2.09. The molecule has 0 fully saturated rings. The predicted octanol–water partition coefficient (Wildman–Crippen LogP) is 1.18. The Morgan fingerprint density at radius 2 is 2.29 bits per heavy atom. The van der Waals surface area contributed by atoms with Crippen LogP contribution < -0.4 is 15.9 Å². The topological polar surface area (TPSA) is 120 Å². The Labute approximate surface area is 165 Å². The standard InChI is InChI=1S/C13H13I2N7O2/c1-2-3-24-12-8(4-9(14)5-10(12)15)6-17-18-11(23)7-22-13(16)19-20-21-22/h2,4-6H,1,3,7H2,(H,18,23)(H2,16,19,21)/b17-6-. The van der Waals surface area contributed by atoms with Crippen LogP contribution in [-0.2, 0) is 11.3 Å². The first-order valence-electron chi connectivity index (χ1n) is 6.57. The van der Waals surface area contributed by atoms with Gasteiger partial charge in [0.1, 0.15) is 18.9 Å². The largest absolute Gasteiger partial charge is 0.488 e. The normalized spacial score (nSPS) is 10.8. The first kappa shape index (κ1) is 18.6. The monoisotopic (exact) mass is 553 g/mol. The molecule has 0 aliphatic carbocycles. The van der Waals surface area contributed by atoms with Crippen molar-refractivity contribution in [3.05, 3.63) is 37.5 Å². The molecular weight excluding hydrogens is 540 g/mol. The maximum Gasteiger partial charge on any atom is 0.261 e. The smallest absolute Gasteiger partial charge is 0.261 e. The summed E-state index contributed by atoms with van der Waals surface area (Å²) < 4.78 is 8.78. The third-order valence-electron chi connectivity index (χ3n) is 2.63. The van der Waals surface area contributed by atoms with Crippen molar-refractivity contribution >= 4 is 63.3 Å². The molecule has 1 aromatic carbocycles. The lowest BCUT2D eigenvalue weighted by atomic mass is 10.2. The zero-order valence-electron chi connectivity index (χ0n) is 12.3. The molecule has 1 heterocycles. The Balaban J connectivity index is 2.06. The molecule has 0 unspecified atom stereocenters. The summed E-state index contributed by atoms with van der Waals surface area (Å²) in [6.07, 6.45) is 3.18. The quantitative estimate of drug-likeness (QED) is 0.230. The molecule has 3 N–H and O–H groups in total. The molecule has 2 aromatic rings. The van der Waals surface area contributed by atoms with E-state index in [2.05, 4.69) is 77.8 Å².